The number of nitrogens with zero attached hydrogens (tertiary/aromatic N) is 3. The summed E-state index contributed by atoms with van der Waals surface area (Å²) in [6.45, 7) is 3.82. The number of aromatic nitrogens is 3. The molecule has 1 aliphatic rings. The van der Waals surface area contributed by atoms with Crippen molar-refractivity contribution in [2.75, 3.05) is 7.11 Å². The molecule has 6 nitrogen and oxygen atoms in total. The molecule has 4 rings (SSSR count). The first-order chi connectivity index (χ1) is 13.0. The van der Waals surface area contributed by atoms with E-state index in [1.165, 1.54) is 0 Å². The minimum Gasteiger partial charge on any atom is -0.497 e. The summed E-state index contributed by atoms with van der Waals surface area (Å²) in [6, 6.07) is 9.80. The molecule has 1 aromatic carbocycles. The summed E-state index contributed by atoms with van der Waals surface area (Å²) in [5.74, 6) is 1.22. The summed E-state index contributed by atoms with van der Waals surface area (Å²) in [5, 5.41) is 8.52. The molecule has 1 fully saturated rings. The summed E-state index contributed by atoms with van der Waals surface area (Å²) in [4.78, 5) is 17.8. The Morgan fingerprint density at radius 1 is 1.26 bits per heavy atom. The normalized spacial score (nSPS) is 15.0. The number of hydrogen-bond acceptors (Lipinski definition) is 4. The summed E-state index contributed by atoms with van der Waals surface area (Å²) in [7, 11) is 3.51. The third-order valence-electron chi connectivity index (χ3n) is 5.20. The van der Waals surface area contributed by atoms with Crippen LogP contribution < -0.4 is 10.1 Å². The molecule has 0 bridgehead atoms. The van der Waals surface area contributed by atoms with E-state index < -0.39 is 0 Å². The van der Waals surface area contributed by atoms with E-state index in [1.54, 1.807) is 11.8 Å². The molecule has 1 N–H and O–H groups in total. The van der Waals surface area contributed by atoms with Crippen LogP contribution in [0.3, 0.4) is 0 Å². The number of ether oxygens (including phenoxy) is 1. The number of methoxy groups -OCH3 is 1. The largest absolute Gasteiger partial charge is 0.497 e. The lowest BCUT2D eigenvalue weighted by atomic mass is 10.0. The van der Waals surface area contributed by atoms with E-state index in [2.05, 4.69) is 15.4 Å². The molecule has 2 aromatic heterocycles. The zero-order chi connectivity index (χ0) is 19.1. The number of amides is 1. The van der Waals surface area contributed by atoms with E-state index in [9.17, 15) is 4.79 Å². The smallest absolute Gasteiger partial charge is 0.252 e. The van der Waals surface area contributed by atoms with E-state index in [0.717, 1.165) is 46.6 Å². The average Bonchev–Trinajstić information content (AvgIpc) is 3.46. The first-order valence-corrected chi connectivity index (χ1v) is 9.23. The minimum absolute atomic E-state index is 0.00362. The second-order valence-corrected chi connectivity index (χ2v) is 7.28. The maximum Gasteiger partial charge on any atom is 0.252 e. The third-order valence-corrected chi connectivity index (χ3v) is 5.20. The molecule has 0 radical (unpaired) electrons. The molecule has 1 atom stereocenters. The highest BCUT2D eigenvalue weighted by molar-refractivity contribution is 6.06. The lowest BCUT2D eigenvalue weighted by molar-refractivity contribution is 0.0933. The van der Waals surface area contributed by atoms with Crippen LogP contribution in [0.25, 0.3) is 11.0 Å². The molecule has 0 aliphatic heterocycles. The fraction of sp³-hybridized carbons (Fsp3) is 0.381. The van der Waals surface area contributed by atoms with Crippen LogP contribution in [0, 0.1) is 19.8 Å². The van der Waals surface area contributed by atoms with E-state index in [1.807, 2.05) is 51.2 Å². The molecule has 1 aliphatic carbocycles. The van der Waals surface area contributed by atoms with Gasteiger partial charge < -0.3 is 10.1 Å². The van der Waals surface area contributed by atoms with Gasteiger partial charge in [-0.1, -0.05) is 12.1 Å². The topological polar surface area (TPSA) is 69.0 Å². The van der Waals surface area contributed by atoms with Gasteiger partial charge in [-0.25, -0.2) is 4.98 Å². The van der Waals surface area contributed by atoms with Crippen molar-refractivity contribution < 1.29 is 9.53 Å². The predicted octanol–water partition coefficient (Wildman–Crippen LogP) is 3.47. The van der Waals surface area contributed by atoms with Crippen LogP contribution in [-0.2, 0) is 7.05 Å². The van der Waals surface area contributed by atoms with Crippen LogP contribution in [0.5, 0.6) is 5.75 Å². The quantitative estimate of drug-likeness (QED) is 0.753. The van der Waals surface area contributed by atoms with Gasteiger partial charge >= 0.3 is 0 Å². The maximum absolute atomic E-state index is 13.2. The van der Waals surface area contributed by atoms with Gasteiger partial charge in [0.2, 0.25) is 0 Å². The Bertz CT molecular complexity index is 1000. The molecule has 140 valence electrons. The Balaban J connectivity index is 1.68. The maximum atomic E-state index is 13.2. The van der Waals surface area contributed by atoms with Crippen LogP contribution in [0.2, 0.25) is 0 Å². The highest BCUT2D eigenvalue weighted by Gasteiger charge is 2.34. The SMILES string of the molecule is COc1ccc([C@H](NC(=O)c2cc(C)nc3c2c(C)nn3C)C2CC2)cc1. The van der Waals surface area contributed by atoms with Crippen molar-refractivity contribution in [3.05, 3.63) is 52.8 Å². The van der Waals surface area contributed by atoms with Crippen LogP contribution in [0.1, 0.15) is 46.2 Å². The number of carbonyl (C=O) groups excluding carboxylic acids is 1. The Labute approximate surface area is 158 Å². The number of carbonyl (C=O) groups is 1. The highest BCUT2D eigenvalue weighted by atomic mass is 16.5. The van der Waals surface area contributed by atoms with Gasteiger partial charge in [-0.15, -0.1) is 0 Å². The van der Waals surface area contributed by atoms with Gasteiger partial charge in [0.15, 0.2) is 5.65 Å². The molecule has 3 aromatic rings. The molecule has 0 spiro atoms. The van der Waals surface area contributed by atoms with Crippen molar-refractivity contribution in [2.45, 2.75) is 32.7 Å². The molecule has 1 saturated carbocycles. The number of benzene rings is 1. The van der Waals surface area contributed by atoms with Gasteiger partial charge in [-0.05, 0) is 56.4 Å². The first kappa shape index (κ1) is 17.5. The van der Waals surface area contributed by atoms with E-state index >= 15 is 0 Å². The Hall–Kier alpha value is -2.89. The molecule has 0 unspecified atom stereocenters. The zero-order valence-electron chi connectivity index (χ0n) is 16.1. The van der Waals surface area contributed by atoms with E-state index in [4.69, 9.17) is 4.74 Å². The molecule has 0 saturated heterocycles. The zero-order valence-corrected chi connectivity index (χ0v) is 16.1. The van der Waals surface area contributed by atoms with Crippen molar-refractivity contribution in [1.29, 1.82) is 0 Å². The molecule has 1 amide bonds. The molecule has 27 heavy (non-hydrogen) atoms. The van der Waals surface area contributed by atoms with Gasteiger partial charge in [-0.2, -0.15) is 5.10 Å². The van der Waals surface area contributed by atoms with Crippen molar-refractivity contribution in [3.8, 4) is 5.75 Å². The number of aryl methyl sites for hydroxylation is 3. The minimum atomic E-state index is -0.0747. The van der Waals surface area contributed by atoms with Gasteiger partial charge in [0.05, 0.1) is 29.8 Å². The summed E-state index contributed by atoms with van der Waals surface area (Å²) in [5.41, 5.74) is 4.12. The molecule has 2 heterocycles. The number of rotatable bonds is 5. The number of pyridine rings is 1. The Morgan fingerprint density at radius 2 is 1.96 bits per heavy atom. The van der Waals surface area contributed by atoms with Crippen molar-refractivity contribution in [3.63, 3.8) is 0 Å². The van der Waals surface area contributed by atoms with Gasteiger partial charge in [0, 0.05) is 12.7 Å². The highest BCUT2D eigenvalue weighted by Crippen LogP contribution is 2.41. The van der Waals surface area contributed by atoms with Gasteiger partial charge in [0.1, 0.15) is 5.75 Å². The van der Waals surface area contributed by atoms with Gasteiger partial charge in [0.25, 0.3) is 5.91 Å². The average molecular weight is 364 g/mol. The third kappa shape index (κ3) is 3.27. The van der Waals surface area contributed by atoms with E-state index in [0.29, 0.717) is 11.5 Å². The standard InChI is InChI=1S/C21H24N4O2/c1-12-11-17(18-13(2)24-25(3)20(18)22-12)21(26)23-19(14-5-6-14)15-7-9-16(27-4)10-8-15/h7-11,14,19H,5-6H2,1-4H3,(H,23,26)/t19-/m1/s1. The predicted molar refractivity (Wildman–Crippen MR) is 104 cm³/mol. The van der Waals surface area contributed by atoms with Crippen LogP contribution in [0.4, 0.5) is 0 Å². The summed E-state index contributed by atoms with van der Waals surface area (Å²) >= 11 is 0. The molecular formula is C21H24N4O2. The second kappa shape index (κ2) is 6.68. The van der Waals surface area contributed by atoms with Crippen molar-refractivity contribution in [2.24, 2.45) is 13.0 Å². The number of hydrogen-bond donors (Lipinski definition) is 1. The van der Waals surface area contributed by atoms with Crippen LogP contribution in [-0.4, -0.2) is 27.8 Å². The summed E-state index contributed by atoms with van der Waals surface area (Å²) < 4.78 is 6.98. The Morgan fingerprint density at radius 3 is 2.59 bits per heavy atom. The lowest BCUT2D eigenvalue weighted by Gasteiger charge is -2.19. The fourth-order valence-electron chi connectivity index (χ4n) is 3.68. The monoisotopic (exact) mass is 364 g/mol. The number of nitrogens with one attached hydrogen (secondary N) is 1. The second-order valence-electron chi connectivity index (χ2n) is 7.28. The fourth-order valence-corrected chi connectivity index (χ4v) is 3.68. The van der Waals surface area contributed by atoms with Crippen LogP contribution >= 0.6 is 0 Å². The van der Waals surface area contributed by atoms with Crippen LogP contribution in [0.15, 0.2) is 30.3 Å². The summed E-state index contributed by atoms with van der Waals surface area (Å²) in [6.07, 6.45) is 2.27. The number of fused-ring (bicyclic) bond motifs is 1. The van der Waals surface area contributed by atoms with Gasteiger partial charge in [-0.3, -0.25) is 9.48 Å². The first-order valence-electron chi connectivity index (χ1n) is 9.23. The lowest BCUT2D eigenvalue weighted by Crippen LogP contribution is -2.30. The van der Waals surface area contributed by atoms with Crippen molar-refractivity contribution in [1.82, 2.24) is 20.1 Å². The van der Waals surface area contributed by atoms with Crippen molar-refractivity contribution >= 4 is 16.9 Å². The Kier molecular flexibility index (Phi) is 4.34. The molecule has 6 heteroatoms. The molecular weight excluding hydrogens is 340 g/mol. The van der Waals surface area contributed by atoms with E-state index in [-0.39, 0.29) is 11.9 Å².